The summed E-state index contributed by atoms with van der Waals surface area (Å²) in [4.78, 5) is 12.9. The number of rotatable bonds is 4. The fourth-order valence-corrected chi connectivity index (χ4v) is 3.37. The van der Waals surface area contributed by atoms with E-state index in [1.54, 1.807) is 12.4 Å². The van der Waals surface area contributed by atoms with Crippen molar-refractivity contribution in [1.29, 1.82) is 0 Å². The largest absolute Gasteiger partial charge is 0.304 e. The van der Waals surface area contributed by atoms with Gasteiger partial charge in [-0.05, 0) is 29.3 Å². The molecule has 3 nitrogen and oxygen atoms in total. The van der Waals surface area contributed by atoms with Crippen LogP contribution < -0.4 is 0 Å². The molecule has 0 N–H and O–H groups in total. The first-order chi connectivity index (χ1) is 16.2. The van der Waals surface area contributed by atoms with Gasteiger partial charge in [0.05, 0.1) is 5.82 Å². The summed E-state index contributed by atoms with van der Waals surface area (Å²) >= 11 is 0. The molecule has 171 valence electrons. The monoisotopic (exact) mass is 620 g/mol. The normalized spacial score (nSPS) is 9.94. The molecule has 0 saturated heterocycles. The van der Waals surface area contributed by atoms with Gasteiger partial charge in [-0.15, -0.1) is 70.8 Å². The summed E-state index contributed by atoms with van der Waals surface area (Å²) in [5.74, 6) is 0.704. The fourth-order valence-electron chi connectivity index (χ4n) is 3.37. The van der Waals surface area contributed by atoms with Crippen LogP contribution in [0.1, 0.15) is 18.1 Å². The smallest absolute Gasteiger partial charge is 0.0748 e. The van der Waals surface area contributed by atoms with E-state index in [1.807, 2.05) is 54.7 Å². The van der Waals surface area contributed by atoms with E-state index in [0.717, 1.165) is 28.8 Å². The average Bonchev–Trinajstić information content (AvgIpc) is 2.90. The van der Waals surface area contributed by atoms with Gasteiger partial charge >= 0.3 is 0 Å². The SMILES string of the molecule is CCc1ccc(-c2[c-]ccc(C)c2)nc1.[Ir].[c-]1ccc(-c2ccccc2)cc1-c1ncccn1. The molecule has 0 saturated carbocycles. The van der Waals surface area contributed by atoms with Gasteiger partial charge in [0.15, 0.2) is 0 Å². The molecule has 5 rings (SSSR count). The van der Waals surface area contributed by atoms with Gasteiger partial charge in [-0.2, -0.15) is 0 Å². The molecule has 0 fully saturated rings. The van der Waals surface area contributed by atoms with Crippen LogP contribution >= 0.6 is 0 Å². The number of benzene rings is 3. The Morgan fingerprint density at radius 1 is 0.706 bits per heavy atom. The van der Waals surface area contributed by atoms with Crippen LogP contribution in [0.15, 0.2) is 104 Å². The molecule has 34 heavy (non-hydrogen) atoms. The second-order valence-electron chi connectivity index (χ2n) is 7.61. The molecule has 1 radical (unpaired) electrons. The molecule has 0 unspecified atom stereocenters. The number of nitrogens with zero attached hydrogens (tertiary/aromatic N) is 3. The van der Waals surface area contributed by atoms with Gasteiger partial charge in [0, 0.05) is 38.7 Å². The van der Waals surface area contributed by atoms with Gasteiger partial charge in [0.2, 0.25) is 0 Å². The fraction of sp³-hybridized carbons (Fsp3) is 0.100. The van der Waals surface area contributed by atoms with Crippen molar-refractivity contribution in [3.8, 4) is 33.8 Å². The standard InChI is InChI=1S/C16H11N2.C14H14N.Ir/c1-2-6-13(7-3-1)14-8-4-9-15(12-14)16-17-10-5-11-18-16;1-3-12-7-8-14(15-10-12)13-6-4-5-11(2)9-13;/h1-8,10-12H;4-5,7-10H,3H2,1-2H3;/q2*-1;. The Morgan fingerprint density at radius 2 is 1.44 bits per heavy atom. The average molecular weight is 620 g/mol. The van der Waals surface area contributed by atoms with E-state index in [9.17, 15) is 0 Å². The first kappa shape index (κ1) is 25.2. The Kier molecular flexibility index (Phi) is 9.39. The quantitative estimate of drug-likeness (QED) is 0.203. The van der Waals surface area contributed by atoms with Gasteiger partial charge in [-0.1, -0.05) is 56.3 Å². The molecule has 0 aliphatic carbocycles. The molecular formula is C30H25IrN3-2. The van der Waals surface area contributed by atoms with Crippen molar-refractivity contribution in [3.63, 3.8) is 0 Å². The molecule has 2 heterocycles. The summed E-state index contributed by atoms with van der Waals surface area (Å²) in [6.45, 7) is 4.22. The maximum atomic E-state index is 4.43. The number of aryl methyl sites for hydroxylation is 2. The third-order valence-corrected chi connectivity index (χ3v) is 5.18. The Balaban J connectivity index is 0.000000188. The van der Waals surface area contributed by atoms with Crippen molar-refractivity contribution in [2.24, 2.45) is 0 Å². The second kappa shape index (κ2) is 12.7. The van der Waals surface area contributed by atoms with E-state index in [-0.39, 0.29) is 20.1 Å². The van der Waals surface area contributed by atoms with Crippen LogP contribution in [-0.4, -0.2) is 15.0 Å². The maximum absolute atomic E-state index is 4.43. The molecule has 5 aromatic rings. The number of hydrogen-bond donors (Lipinski definition) is 0. The minimum Gasteiger partial charge on any atom is -0.304 e. The predicted molar refractivity (Wildman–Crippen MR) is 134 cm³/mol. The van der Waals surface area contributed by atoms with Crippen LogP contribution in [0.4, 0.5) is 0 Å². The zero-order chi connectivity index (χ0) is 22.9. The first-order valence-electron chi connectivity index (χ1n) is 11.0. The van der Waals surface area contributed by atoms with Crippen LogP contribution in [0.2, 0.25) is 0 Å². The molecule has 0 amide bonds. The van der Waals surface area contributed by atoms with Crippen molar-refractivity contribution in [2.45, 2.75) is 20.3 Å². The molecule has 3 aromatic carbocycles. The van der Waals surface area contributed by atoms with Crippen molar-refractivity contribution in [1.82, 2.24) is 15.0 Å². The zero-order valence-electron chi connectivity index (χ0n) is 19.2. The molecular weight excluding hydrogens is 595 g/mol. The maximum Gasteiger partial charge on any atom is 0.0748 e. The zero-order valence-corrected chi connectivity index (χ0v) is 21.6. The topological polar surface area (TPSA) is 38.7 Å². The van der Waals surface area contributed by atoms with Crippen molar-refractivity contribution in [3.05, 3.63) is 127 Å². The molecule has 2 aromatic heterocycles. The van der Waals surface area contributed by atoms with E-state index in [0.29, 0.717) is 5.82 Å². The van der Waals surface area contributed by atoms with Crippen LogP contribution in [0.5, 0.6) is 0 Å². The van der Waals surface area contributed by atoms with Crippen molar-refractivity contribution in [2.75, 3.05) is 0 Å². The Hall–Kier alpha value is -3.46. The van der Waals surface area contributed by atoms with Gasteiger partial charge in [0.25, 0.3) is 0 Å². The molecule has 4 heteroatoms. The summed E-state index contributed by atoms with van der Waals surface area (Å²) in [6, 6.07) is 34.7. The Morgan fingerprint density at radius 3 is 2.12 bits per heavy atom. The summed E-state index contributed by atoms with van der Waals surface area (Å²) in [6.07, 6.45) is 6.45. The van der Waals surface area contributed by atoms with Gasteiger partial charge in [-0.3, -0.25) is 9.97 Å². The summed E-state index contributed by atoms with van der Waals surface area (Å²) in [5.41, 5.74) is 7.82. The van der Waals surface area contributed by atoms with Gasteiger partial charge in [0.1, 0.15) is 0 Å². The van der Waals surface area contributed by atoms with Crippen LogP contribution in [0.25, 0.3) is 33.8 Å². The number of pyridine rings is 1. The van der Waals surface area contributed by atoms with Gasteiger partial charge in [-0.25, -0.2) is 0 Å². The second-order valence-corrected chi connectivity index (χ2v) is 7.61. The van der Waals surface area contributed by atoms with E-state index in [4.69, 9.17) is 0 Å². The molecule has 0 bridgehead atoms. The van der Waals surface area contributed by atoms with E-state index < -0.39 is 0 Å². The van der Waals surface area contributed by atoms with Gasteiger partial charge < -0.3 is 4.98 Å². The molecule has 0 spiro atoms. The van der Waals surface area contributed by atoms with Crippen molar-refractivity contribution >= 4 is 0 Å². The van der Waals surface area contributed by atoms with E-state index in [1.165, 1.54) is 16.7 Å². The molecule has 0 aliphatic heterocycles. The Labute approximate surface area is 215 Å². The van der Waals surface area contributed by atoms with Crippen LogP contribution in [0.3, 0.4) is 0 Å². The summed E-state index contributed by atoms with van der Waals surface area (Å²) in [7, 11) is 0. The van der Waals surface area contributed by atoms with E-state index >= 15 is 0 Å². The molecule has 0 aliphatic rings. The minimum absolute atomic E-state index is 0. The third-order valence-electron chi connectivity index (χ3n) is 5.18. The van der Waals surface area contributed by atoms with Crippen LogP contribution in [-0.2, 0) is 26.5 Å². The minimum atomic E-state index is 0. The predicted octanol–water partition coefficient (Wildman–Crippen LogP) is 7.03. The number of aromatic nitrogens is 3. The van der Waals surface area contributed by atoms with Crippen LogP contribution in [0, 0.1) is 19.1 Å². The van der Waals surface area contributed by atoms with Crippen molar-refractivity contribution < 1.29 is 20.1 Å². The molecule has 0 atom stereocenters. The summed E-state index contributed by atoms with van der Waals surface area (Å²) in [5, 5.41) is 0. The van der Waals surface area contributed by atoms with E-state index in [2.05, 4.69) is 77.3 Å². The third kappa shape index (κ3) is 6.77. The Bertz CT molecular complexity index is 1230. The number of hydrogen-bond acceptors (Lipinski definition) is 3. The summed E-state index contributed by atoms with van der Waals surface area (Å²) < 4.78 is 0. The first-order valence-corrected chi connectivity index (χ1v) is 11.0.